The second-order valence-electron chi connectivity index (χ2n) is 5.12. The van der Waals surface area contributed by atoms with Crippen LogP contribution in [0, 0.1) is 5.82 Å². The molecule has 1 amide bonds. The molecule has 1 aromatic carbocycles. The molecule has 3 nitrogen and oxygen atoms in total. The van der Waals surface area contributed by atoms with Gasteiger partial charge >= 0.3 is 0 Å². The zero-order chi connectivity index (χ0) is 15.0. The lowest BCUT2D eigenvalue weighted by Crippen LogP contribution is -2.42. The van der Waals surface area contributed by atoms with Crippen molar-refractivity contribution < 1.29 is 9.18 Å². The highest BCUT2D eigenvalue weighted by molar-refractivity contribution is 9.11. The number of carbonyl (C=O) groups excluding carboxylic acids is 1. The number of hydrogen-bond donors (Lipinski definition) is 1. The van der Waals surface area contributed by atoms with E-state index in [2.05, 4.69) is 15.9 Å². The van der Waals surface area contributed by atoms with Crippen LogP contribution in [0.3, 0.4) is 0 Å². The number of halogens is 2. The lowest BCUT2D eigenvalue weighted by atomic mass is 10.1. The zero-order valence-corrected chi connectivity index (χ0v) is 13.6. The summed E-state index contributed by atoms with van der Waals surface area (Å²) in [6, 6.07) is 8.01. The molecule has 1 aliphatic rings. The fraction of sp³-hybridized carbons (Fsp3) is 0.267. The van der Waals surface area contributed by atoms with Gasteiger partial charge in [-0.05, 0) is 51.3 Å². The average Bonchev–Trinajstić information content (AvgIpc) is 3.03. The van der Waals surface area contributed by atoms with E-state index >= 15 is 0 Å². The summed E-state index contributed by atoms with van der Waals surface area (Å²) in [6.07, 6.45) is 0.524. The summed E-state index contributed by atoms with van der Waals surface area (Å²) in [5.41, 5.74) is 7.90. The van der Waals surface area contributed by atoms with E-state index in [0.717, 1.165) is 19.8 Å². The zero-order valence-electron chi connectivity index (χ0n) is 11.2. The van der Waals surface area contributed by atoms with Crippen molar-refractivity contribution in [2.24, 2.45) is 5.73 Å². The number of amides is 1. The summed E-state index contributed by atoms with van der Waals surface area (Å²) in [6.45, 7) is 0.948. The van der Waals surface area contributed by atoms with Gasteiger partial charge in [-0.3, -0.25) is 4.79 Å². The third-order valence-electron chi connectivity index (χ3n) is 3.57. The summed E-state index contributed by atoms with van der Waals surface area (Å²) in [5, 5.41) is 0. The molecule has 0 saturated carbocycles. The van der Waals surface area contributed by atoms with Crippen LogP contribution >= 0.6 is 27.3 Å². The molecule has 2 heterocycles. The van der Waals surface area contributed by atoms with Gasteiger partial charge < -0.3 is 10.6 Å². The Morgan fingerprint density at radius 3 is 2.81 bits per heavy atom. The molecule has 2 aromatic rings. The van der Waals surface area contributed by atoms with Crippen LogP contribution in [0.5, 0.6) is 0 Å². The van der Waals surface area contributed by atoms with E-state index in [1.54, 1.807) is 22.3 Å². The van der Waals surface area contributed by atoms with E-state index < -0.39 is 6.04 Å². The first kappa shape index (κ1) is 14.7. The summed E-state index contributed by atoms with van der Waals surface area (Å²) < 4.78 is 14.2. The molecule has 1 aromatic heterocycles. The fourth-order valence-corrected chi connectivity index (χ4v) is 4.06. The van der Waals surface area contributed by atoms with Crippen LogP contribution in [-0.4, -0.2) is 16.8 Å². The van der Waals surface area contributed by atoms with E-state index in [1.165, 1.54) is 12.1 Å². The molecule has 0 saturated heterocycles. The van der Waals surface area contributed by atoms with Gasteiger partial charge in [0.15, 0.2) is 0 Å². The molecule has 0 aliphatic carbocycles. The maximum atomic E-state index is 13.2. The van der Waals surface area contributed by atoms with Gasteiger partial charge in [-0.2, -0.15) is 0 Å². The third-order valence-corrected chi connectivity index (χ3v) is 5.22. The number of fused-ring (bicyclic) bond motifs is 1. The van der Waals surface area contributed by atoms with Crippen molar-refractivity contribution in [3.05, 3.63) is 55.9 Å². The molecule has 21 heavy (non-hydrogen) atoms. The Hall–Kier alpha value is -1.24. The molecule has 2 N–H and O–H groups in total. The first-order chi connectivity index (χ1) is 10.0. The minimum absolute atomic E-state index is 0.0869. The predicted octanol–water partition coefficient (Wildman–Crippen LogP) is 3.06. The summed E-state index contributed by atoms with van der Waals surface area (Å²) in [4.78, 5) is 15.2. The molecule has 6 heteroatoms. The van der Waals surface area contributed by atoms with E-state index in [0.29, 0.717) is 19.5 Å². The number of benzene rings is 1. The molecule has 1 unspecified atom stereocenters. The second-order valence-corrected chi connectivity index (χ2v) is 7.67. The minimum atomic E-state index is -0.560. The van der Waals surface area contributed by atoms with Crippen LogP contribution < -0.4 is 5.73 Å². The quantitative estimate of drug-likeness (QED) is 0.904. The Morgan fingerprint density at radius 1 is 1.33 bits per heavy atom. The molecule has 0 bridgehead atoms. The summed E-state index contributed by atoms with van der Waals surface area (Å²) in [5.74, 6) is -0.355. The lowest BCUT2D eigenvalue weighted by molar-refractivity contribution is -0.133. The maximum Gasteiger partial charge on any atom is 0.240 e. The van der Waals surface area contributed by atoms with Crippen LogP contribution in [0.15, 0.2) is 34.1 Å². The number of nitrogens with zero attached hydrogens (tertiary/aromatic N) is 1. The molecule has 110 valence electrons. The topological polar surface area (TPSA) is 46.3 Å². The summed E-state index contributed by atoms with van der Waals surface area (Å²) >= 11 is 4.98. The molecule has 1 atom stereocenters. The second kappa shape index (κ2) is 5.87. The normalized spacial score (nSPS) is 15.1. The Balaban J connectivity index is 1.66. The van der Waals surface area contributed by atoms with Gasteiger partial charge in [-0.1, -0.05) is 6.07 Å². The fourth-order valence-electron chi connectivity index (χ4n) is 2.52. The van der Waals surface area contributed by atoms with Crippen LogP contribution in [0.4, 0.5) is 4.39 Å². The van der Waals surface area contributed by atoms with Gasteiger partial charge in [0, 0.05) is 24.4 Å². The van der Waals surface area contributed by atoms with Gasteiger partial charge in [0.1, 0.15) is 5.82 Å². The van der Waals surface area contributed by atoms with E-state index in [4.69, 9.17) is 5.73 Å². The van der Waals surface area contributed by atoms with Gasteiger partial charge in [0.2, 0.25) is 5.91 Å². The molecule has 0 spiro atoms. The van der Waals surface area contributed by atoms with Crippen molar-refractivity contribution >= 4 is 33.2 Å². The number of thiophene rings is 1. The Morgan fingerprint density at radius 2 is 2.10 bits per heavy atom. The minimum Gasteiger partial charge on any atom is -0.333 e. The smallest absolute Gasteiger partial charge is 0.240 e. The monoisotopic (exact) mass is 368 g/mol. The SMILES string of the molecule is NC(Cc1ccc(Br)s1)C(=O)N1Cc2ccc(F)cc2C1. The van der Waals surface area contributed by atoms with Crippen LogP contribution in [0.2, 0.25) is 0 Å². The molecule has 0 fully saturated rings. The largest absolute Gasteiger partial charge is 0.333 e. The van der Waals surface area contributed by atoms with Gasteiger partial charge in [0.25, 0.3) is 0 Å². The lowest BCUT2D eigenvalue weighted by Gasteiger charge is -2.19. The number of rotatable bonds is 3. The summed E-state index contributed by atoms with van der Waals surface area (Å²) in [7, 11) is 0. The van der Waals surface area contributed by atoms with Crippen molar-refractivity contribution in [2.45, 2.75) is 25.6 Å². The number of carbonyl (C=O) groups is 1. The first-order valence-electron chi connectivity index (χ1n) is 6.59. The maximum absolute atomic E-state index is 13.2. The van der Waals surface area contributed by atoms with Crippen LogP contribution in [0.25, 0.3) is 0 Å². The molecular weight excluding hydrogens is 355 g/mol. The van der Waals surface area contributed by atoms with Gasteiger partial charge in [-0.15, -0.1) is 11.3 Å². The Bertz CT molecular complexity index is 688. The molecule has 1 aliphatic heterocycles. The van der Waals surface area contributed by atoms with Crippen molar-refractivity contribution in [3.63, 3.8) is 0 Å². The number of hydrogen-bond acceptors (Lipinski definition) is 3. The highest BCUT2D eigenvalue weighted by Crippen LogP contribution is 2.26. The van der Waals surface area contributed by atoms with Crippen molar-refractivity contribution in [2.75, 3.05) is 0 Å². The van der Waals surface area contributed by atoms with Crippen LogP contribution in [-0.2, 0) is 24.3 Å². The highest BCUT2D eigenvalue weighted by Gasteiger charge is 2.27. The Kier molecular flexibility index (Phi) is 4.10. The van der Waals surface area contributed by atoms with E-state index in [9.17, 15) is 9.18 Å². The van der Waals surface area contributed by atoms with Gasteiger partial charge in [0.05, 0.1) is 9.83 Å². The van der Waals surface area contributed by atoms with Crippen molar-refractivity contribution in [1.29, 1.82) is 0 Å². The van der Waals surface area contributed by atoms with Gasteiger partial charge in [-0.25, -0.2) is 4.39 Å². The van der Waals surface area contributed by atoms with E-state index in [-0.39, 0.29) is 11.7 Å². The molecule has 3 rings (SSSR count). The van der Waals surface area contributed by atoms with Crippen molar-refractivity contribution in [1.82, 2.24) is 4.90 Å². The Labute approximate surface area is 134 Å². The third kappa shape index (κ3) is 3.17. The molecular formula is C15H14BrFN2OS. The highest BCUT2D eigenvalue weighted by atomic mass is 79.9. The average molecular weight is 369 g/mol. The predicted molar refractivity (Wildman–Crippen MR) is 84.4 cm³/mol. The van der Waals surface area contributed by atoms with Crippen LogP contribution in [0.1, 0.15) is 16.0 Å². The number of nitrogens with two attached hydrogens (primary N) is 1. The molecule has 0 radical (unpaired) electrons. The van der Waals surface area contributed by atoms with E-state index in [1.807, 2.05) is 12.1 Å². The first-order valence-corrected chi connectivity index (χ1v) is 8.20. The standard InChI is InChI=1S/C15H14BrFN2OS/c16-14-4-3-12(21-14)6-13(18)15(20)19-7-9-1-2-11(17)5-10(9)8-19/h1-5,13H,6-8,18H2. The van der Waals surface area contributed by atoms with Crippen molar-refractivity contribution in [3.8, 4) is 0 Å².